The highest BCUT2D eigenvalue weighted by atomic mass is 19.4. The highest BCUT2D eigenvalue weighted by Crippen LogP contribution is 2.37. The lowest BCUT2D eigenvalue weighted by atomic mass is 9.83. The Morgan fingerprint density at radius 1 is 1.15 bits per heavy atom. The van der Waals surface area contributed by atoms with Gasteiger partial charge in [-0.05, 0) is 51.3 Å². The van der Waals surface area contributed by atoms with E-state index in [-0.39, 0.29) is 5.75 Å². The normalized spacial score (nSPS) is 14.1. The molecule has 0 spiro atoms. The van der Waals surface area contributed by atoms with Crippen LogP contribution in [0, 0.1) is 0 Å². The van der Waals surface area contributed by atoms with Crippen LogP contribution in [0.15, 0.2) is 35.4 Å². The third-order valence-electron chi connectivity index (χ3n) is 4.32. The topological polar surface area (TPSA) is 140 Å². The summed E-state index contributed by atoms with van der Waals surface area (Å²) in [6, 6.07) is 6.17. The molecule has 13 heteroatoms. The molecule has 1 amide bonds. The molecule has 0 aliphatic rings. The molecule has 188 valence electrons. The number of carbonyl (C=O) groups is 3. The lowest BCUT2D eigenvalue weighted by Crippen LogP contribution is -2.49. The van der Waals surface area contributed by atoms with Crippen LogP contribution in [-0.4, -0.2) is 48.5 Å². The van der Waals surface area contributed by atoms with Crippen molar-refractivity contribution in [2.45, 2.75) is 69.8 Å². The summed E-state index contributed by atoms with van der Waals surface area (Å²) < 4.78 is 55.0. The molecule has 2 unspecified atom stereocenters. The van der Waals surface area contributed by atoms with E-state index in [9.17, 15) is 27.6 Å². The second-order valence-electron chi connectivity index (χ2n) is 8.42. The molecule has 0 bridgehead atoms. The molecular weight excluding hydrogens is 461 g/mol. The average molecular weight is 488 g/mol. The number of carbonyl (C=O) groups excluding carboxylic acids is 3. The first-order chi connectivity index (χ1) is 15.7. The molecule has 1 rings (SSSR count). The first-order valence-corrected chi connectivity index (χ1v) is 10.1. The smallest absolute Gasteiger partial charge is 0.408 e. The number of alkyl halides is 3. The molecule has 1 aromatic carbocycles. The molecule has 0 aliphatic carbocycles. The highest BCUT2D eigenvalue weighted by molar-refractivity contribution is 5.81. The number of azide groups is 1. The Morgan fingerprint density at radius 3 is 2.26 bits per heavy atom. The zero-order valence-corrected chi connectivity index (χ0v) is 19.2. The largest absolute Gasteiger partial charge is 0.467 e. The van der Waals surface area contributed by atoms with Crippen LogP contribution in [0.25, 0.3) is 10.4 Å². The van der Waals surface area contributed by atoms with E-state index >= 15 is 0 Å². The Labute approximate surface area is 194 Å². The van der Waals surface area contributed by atoms with E-state index in [1.165, 1.54) is 12.1 Å². The number of halogens is 3. The Bertz CT molecular complexity index is 898. The fourth-order valence-corrected chi connectivity index (χ4v) is 3.03. The van der Waals surface area contributed by atoms with E-state index < -0.39 is 67.1 Å². The molecule has 0 saturated heterocycles. The maximum Gasteiger partial charge on any atom is 0.408 e. The molecule has 0 radical (unpaired) electrons. The lowest BCUT2D eigenvalue weighted by Gasteiger charge is -2.33. The predicted octanol–water partition coefficient (Wildman–Crippen LogP) is 4.83. The van der Waals surface area contributed by atoms with Crippen molar-refractivity contribution in [2.75, 3.05) is 7.11 Å². The van der Waals surface area contributed by atoms with Gasteiger partial charge in [0.2, 0.25) is 0 Å². The summed E-state index contributed by atoms with van der Waals surface area (Å²) in [7, 11) is 0.975. The monoisotopic (exact) mass is 488 g/mol. The predicted molar refractivity (Wildman–Crippen MR) is 114 cm³/mol. The number of hydrogen-bond acceptors (Lipinski definition) is 7. The molecule has 0 aliphatic heterocycles. The number of benzene rings is 1. The van der Waals surface area contributed by atoms with Gasteiger partial charge in [0.05, 0.1) is 19.1 Å². The van der Waals surface area contributed by atoms with E-state index in [0.29, 0.717) is 0 Å². The van der Waals surface area contributed by atoms with Crippen LogP contribution in [0.5, 0.6) is 5.75 Å². The van der Waals surface area contributed by atoms with E-state index in [1.807, 2.05) is 0 Å². The van der Waals surface area contributed by atoms with E-state index in [0.717, 1.165) is 7.11 Å². The van der Waals surface area contributed by atoms with Gasteiger partial charge in [-0.15, -0.1) is 0 Å². The molecule has 0 fully saturated rings. The number of hydrogen-bond donors (Lipinski definition) is 1. The SMILES string of the molecule is COC(=O)C(CC(CCC(=O)Oc1ccccc1)(CC(F)(F)F)N=[N+]=[N-])NC(=O)OC(C)(C)C. The van der Waals surface area contributed by atoms with E-state index in [1.54, 1.807) is 39.0 Å². The van der Waals surface area contributed by atoms with Crippen molar-refractivity contribution in [1.29, 1.82) is 0 Å². The molecular formula is C21H27F3N4O6. The maximum atomic E-state index is 13.4. The number of methoxy groups -OCH3 is 1. The first kappa shape index (κ1) is 28.6. The van der Waals surface area contributed by atoms with Gasteiger partial charge in [-0.2, -0.15) is 13.2 Å². The molecule has 2 atom stereocenters. The lowest BCUT2D eigenvalue weighted by molar-refractivity contribution is -0.154. The average Bonchev–Trinajstić information content (AvgIpc) is 2.69. The standard InChI is InChI=1S/C21H27F3N4O6/c1-19(2,3)34-18(31)26-15(17(30)32-4)12-20(27-28-25,13-21(22,23)24)11-10-16(29)33-14-8-6-5-7-9-14/h5-9,15H,10-13H2,1-4H3,(H,26,31). The minimum Gasteiger partial charge on any atom is -0.467 e. The zero-order chi connectivity index (χ0) is 26.0. The number of para-hydroxylation sites is 1. The number of ether oxygens (including phenoxy) is 3. The van der Waals surface area contributed by atoms with Gasteiger partial charge in [-0.3, -0.25) is 4.79 Å². The Hall–Kier alpha value is -3.47. The fraction of sp³-hybridized carbons (Fsp3) is 0.571. The third-order valence-corrected chi connectivity index (χ3v) is 4.32. The van der Waals surface area contributed by atoms with Gasteiger partial charge >= 0.3 is 24.2 Å². The fourth-order valence-electron chi connectivity index (χ4n) is 3.03. The minimum atomic E-state index is -4.83. The Balaban J connectivity index is 3.17. The second-order valence-corrected chi connectivity index (χ2v) is 8.42. The van der Waals surface area contributed by atoms with Crippen LogP contribution >= 0.6 is 0 Å². The number of nitrogens with one attached hydrogen (secondary N) is 1. The van der Waals surface area contributed by atoms with Gasteiger partial charge in [-0.1, -0.05) is 23.3 Å². The summed E-state index contributed by atoms with van der Waals surface area (Å²) >= 11 is 0. The molecule has 1 aromatic rings. The summed E-state index contributed by atoms with van der Waals surface area (Å²) in [5.41, 5.74) is 5.72. The van der Waals surface area contributed by atoms with Gasteiger partial charge in [0.25, 0.3) is 0 Å². The molecule has 1 N–H and O–H groups in total. The summed E-state index contributed by atoms with van der Waals surface area (Å²) in [6.45, 7) is 4.64. The number of nitrogens with zero attached hydrogens (tertiary/aromatic N) is 3. The van der Waals surface area contributed by atoms with Gasteiger partial charge in [0.1, 0.15) is 17.4 Å². The van der Waals surface area contributed by atoms with Crippen molar-refractivity contribution in [1.82, 2.24) is 5.32 Å². The minimum absolute atomic E-state index is 0.178. The third kappa shape index (κ3) is 10.9. The summed E-state index contributed by atoms with van der Waals surface area (Å²) in [5, 5.41) is 5.46. The number of rotatable bonds is 10. The summed E-state index contributed by atoms with van der Waals surface area (Å²) in [5.74, 6) is -1.78. The molecule has 34 heavy (non-hydrogen) atoms. The van der Waals surface area contributed by atoms with Crippen LogP contribution < -0.4 is 10.1 Å². The van der Waals surface area contributed by atoms with Crippen molar-refractivity contribution in [3.8, 4) is 5.75 Å². The van der Waals surface area contributed by atoms with Gasteiger partial charge in [0, 0.05) is 11.3 Å². The first-order valence-electron chi connectivity index (χ1n) is 10.1. The van der Waals surface area contributed by atoms with Crippen molar-refractivity contribution in [2.24, 2.45) is 5.11 Å². The van der Waals surface area contributed by atoms with Crippen molar-refractivity contribution in [3.05, 3.63) is 40.8 Å². The number of alkyl carbamates (subject to hydrolysis) is 1. The number of amides is 1. The Kier molecular flexibility index (Phi) is 10.2. The molecule has 0 aromatic heterocycles. The zero-order valence-electron chi connectivity index (χ0n) is 19.2. The van der Waals surface area contributed by atoms with Crippen molar-refractivity contribution in [3.63, 3.8) is 0 Å². The summed E-state index contributed by atoms with van der Waals surface area (Å²) in [6.07, 6.45) is -9.57. The quantitative estimate of drug-likeness (QED) is 0.164. The molecule has 10 nitrogen and oxygen atoms in total. The van der Waals surface area contributed by atoms with Crippen LogP contribution in [0.3, 0.4) is 0 Å². The van der Waals surface area contributed by atoms with Crippen molar-refractivity contribution >= 4 is 18.0 Å². The number of esters is 2. The van der Waals surface area contributed by atoms with Crippen LogP contribution in [0.4, 0.5) is 18.0 Å². The van der Waals surface area contributed by atoms with Crippen LogP contribution in [0.1, 0.15) is 46.5 Å². The molecule has 0 saturated carbocycles. The van der Waals surface area contributed by atoms with Gasteiger partial charge in [-0.25, -0.2) is 9.59 Å². The second kappa shape index (κ2) is 12.1. The van der Waals surface area contributed by atoms with Gasteiger partial charge in [0.15, 0.2) is 0 Å². The van der Waals surface area contributed by atoms with Crippen molar-refractivity contribution < 1.29 is 41.8 Å². The summed E-state index contributed by atoms with van der Waals surface area (Å²) in [4.78, 5) is 39.1. The van der Waals surface area contributed by atoms with Gasteiger partial charge < -0.3 is 19.5 Å². The van der Waals surface area contributed by atoms with E-state index in [2.05, 4.69) is 20.1 Å². The molecule has 0 heterocycles. The van der Waals surface area contributed by atoms with Crippen LogP contribution in [0.2, 0.25) is 0 Å². The van der Waals surface area contributed by atoms with Crippen LogP contribution in [-0.2, 0) is 19.1 Å². The maximum absolute atomic E-state index is 13.4. The highest BCUT2D eigenvalue weighted by Gasteiger charge is 2.45. The van der Waals surface area contributed by atoms with E-state index in [4.69, 9.17) is 15.0 Å². The Morgan fingerprint density at radius 2 is 1.76 bits per heavy atom.